The number of carbonyl (C=O) groups is 2. The molecule has 3 aliphatic rings. The number of rotatable bonds is 4. The third-order valence-corrected chi connectivity index (χ3v) is 6.89. The van der Waals surface area contributed by atoms with E-state index in [-0.39, 0.29) is 18.0 Å². The minimum Gasteiger partial charge on any atom is -0.335 e. The average Bonchev–Trinajstić information content (AvgIpc) is 3.55. The summed E-state index contributed by atoms with van der Waals surface area (Å²) in [5, 5.41) is 11.5. The van der Waals surface area contributed by atoms with Gasteiger partial charge in [-0.15, -0.1) is 5.10 Å². The quantitative estimate of drug-likeness (QED) is 0.821. The lowest BCUT2D eigenvalue weighted by Gasteiger charge is -2.28. The van der Waals surface area contributed by atoms with Crippen molar-refractivity contribution in [2.24, 2.45) is 0 Å². The van der Waals surface area contributed by atoms with Crippen molar-refractivity contribution in [3.05, 3.63) is 47.3 Å². The zero-order chi connectivity index (χ0) is 21.2. The molecule has 1 aromatic heterocycles. The maximum Gasteiger partial charge on any atom is 0.317 e. The Kier molecular flexibility index (Phi) is 5.61. The molecule has 3 heterocycles. The van der Waals surface area contributed by atoms with Gasteiger partial charge in [0.2, 0.25) is 0 Å². The van der Waals surface area contributed by atoms with Crippen molar-refractivity contribution < 1.29 is 9.59 Å². The molecule has 3 amide bonds. The molecule has 1 aliphatic carbocycles. The number of benzene rings is 1. The first-order valence-electron chi connectivity index (χ1n) is 11.5. The van der Waals surface area contributed by atoms with Crippen molar-refractivity contribution in [2.45, 2.75) is 70.1 Å². The van der Waals surface area contributed by atoms with Crippen LogP contribution < -0.4 is 5.32 Å². The number of urea groups is 1. The molecule has 1 aromatic carbocycles. The van der Waals surface area contributed by atoms with Crippen molar-refractivity contribution in [1.82, 2.24) is 30.1 Å². The molecule has 2 fully saturated rings. The van der Waals surface area contributed by atoms with Crippen molar-refractivity contribution in [3.63, 3.8) is 0 Å². The summed E-state index contributed by atoms with van der Waals surface area (Å²) in [6.07, 6.45) is 9.11. The van der Waals surface area contributed by atoms with Crippen LogP contribution >= 0.6 is 0 Å². The predicted molar refractivity (Wildman–Crippen MR) is 115 cm³/mol. The third kappa shape index (κ3) is 4.29. The highest BCUT2D eigenvalue weighted by molar-refractivity contribution is 5.92. The fraction of sp³-hybridized carbons (Fsp3) is 0.565. The second-order valence-corrected chi connectivity index (χ2v) is 8.99. The standard InChI is InChI=1S/C23H30N6O2/c30-22(27-13-11-17-6-1-2-7-18(17)14-27)21-16-28(26-25-21)15-20-10-5-12-29(20)23(31)24-19-8-3-4-9-19/h1-2,6-7,16,19-20H,3-5,8-15H2,(H,24,31)/t20-/m0/s1. The number of hydrogen-bond donors (Lipinski definition) is 1. The van der Waals surface area contributed by atoms with E-state index >= 15 is 0 Å². The van der Waals surface area contributed by atoms with Crippen LogP contribution in [0.15, 0.2) is 30.5 Å². The van der Waals surface area contributed by atoms with E-state index < -0.39 is 0 Å². The number of hydrogen-bond acceptors (Lipinski definition) is 4. The van der Waals surface area contributed by atoms with Crippen LogP contribution in [0.4, 0.5) is 4.79 Å². The van der Waals surface area contributed by atoms with Gasteiger partial charge in [0, 0.05) is 25.7 Å². The highest BCUT2D eigenvalue weighted by Gasteiger charge is 2.31. The third-order valence-electron chi connectivity index (χ3n) is 6.89. The molecule has 5 rings (SSSR count). The van der Waals surface area contributed by atoms with Gasteiger partial charge in [-0.25, -0.2) is 9.48 Å². The summed E-state index contributed by atoms with van der Waals surface area (Å²) in [6, 6.07) is 8.71. The minimum atomic E-state index is -0.0805. The molecule has 1 saturated heterocycles. The molecule has 8 nitrogen and oxygen atoms in total. The Balaban J connectivity index is 1.20. The molecule has 2 aliphatic heterocycles. The van der Waals surface area contributed by atoms with Crippen LogP contribution in [0.25, 0.3) is 0 Å². The summed E-state index contributed by atoms with van der Waals surface area (Å²) >= 11 is 0. The van der Waals surface area contributed by atoms with Gasteiger partial charge in [0.1, 0.15) is 0 Å². The van der Waals surface area contributed by atoms with E-state index in [2.05, 4.69) is 27.8 Å². The Bertz CT molecular complexity index is 951. The van der Waals surface area contributed by atoms with Crippen molar-refractivity contribution >= 4 is 11.9 Å². The Morgan fingerprint density at radius 3 is 2.68 bits per heavy atom. The van der Waals surface area contributed by atoms with Gasteiger partial charge in [-0.05, 0) is 43.2 Å². The van der Waals surface area contributed by atoms with Gasteiger partial charge in [0.15, 0.2) is 5.69 Å². The van der Waals surface area contributed by atoms with Crippen molar-refractivity contribution in [2.75, 3.05) is 13.1 Å². The van der Waals surface area contributed by atoms with Gasteiger partial charge >= 0.3 is 6.03 Å². The minimum absolute atomic E-state index is 0.0396. The van der Waals surface area contributed by atoms with E-state index in [1.165, 1.54) is 24.0 Å². The highest BCUT2D eigenvalue weighted by Crippen LogP contribution is 2.23. The molecule has 1 saturated carbocycles. The van der Waals surface area contributed by atoms with Crippen LogP contribution in [0.2, 0.25) is 0 Å². The molecule has 0 radical (unpaired) electrons. The van der Waals surface area contributed by atoms with Crippen LogP contribution in [0.1, 0.15) is 60.1 Å². The molecule has 2 aromatic rings. The average molecular weight is 423 g/mol. The van der Waals surface area contributed by atoms with Gasteiger partial charge in [0.05, 0.1) is 18.8 Å². The fourth-order valence-corrected chi connectivity index (χ4v) is 5.15. The number of fused-ring (bicyclic) bond motifs is 1. The monoisotopic (exact) mass is 422 g/mol. The molecule has 0 bridgehead atoms. The molecule has 1 N–H and O–H groups in total. The molecule has 164 valence electrons. The van der Waals surface area contributed by atoms with Crippen LogP contribution in [0, 0.1) is 0 Å². The van der Waals surface area contributed by atoms with E-state index in [1.807, 2.05) is 21.9 Å². The lowest BCUT2D eigenvalue weighted by Crippen LogP contribution is -2.47. The van der Waals surface area contributed by atoms with Crippen LogP contribution in [-0.2, 0) is 19.5 Å². The fourth-order valence-electron chi connectivity index (χ4n) is 5.15. The van der Waals surface area contributed by atoms with Crippen molar-refractivity contribution in [1.29, 1.82) is 0 Å². The summed E-state index contributed by atoms with van der Waals surface area (Å²) in [6.45, 7) is 2.65. The van der Waals surface area contributed by atoms with Crippen LogP contribution in [0.3, 0.4) is 0 Å². The summed E-state index contributed by atoms with van der Waals surface area (Å²) in [7, 11) is 0. The Labute approximate surface area is 182 Å². The van der Waals surface area contributed by atoms with E-state index in [0.717, 1.165) is 38.6 Å². The topological polar surface area (TPSA) is 83.4 Å². The van der Waals surface area contributed by atoms with Gasteiger partial charge in [-0.3, -0.25) is 4.79 Å². The molecule has 31 heavy (non-hydrogen) atoms. The van der Waals surface area contributed by atoms with Gasteiger partial charge in [0.25, 0.3) is 5.91 Å². The van der Waals surface area contributed by atoms with E-state index in [0.29, 0.717) is 31.4 Å². The summed E-state index contributed by atoms with van der Waals surface area (Å²) in [4.78, 5) is 29.5. The SMILES string of the molecule is O=C(c1cn(C[C@@H]2CCCN2C(=O)NC2CCCC2)nn1)N1CCc2ccccc2C1. The zero-order valence-corrected chi connectivity index (χ0v) is 17.9. The number of nitrogens with one attached hydrogen (secondary N) is 1. The predicted octanol–water partition coefficient (Wildman–Crippen LogP) is 2.59. The van der Waals surface area contributed by atoms with E-state index in [9.17, 15) is 9.59 Å². The second kappa shape index (κ2) is 8.69. The maximum absolute atomic E-state index is 13.0. The number of likely N-dealkylation sites (tertiary alicyclic amines) is 1. The Morgan fingerprint density at radius 2 is 1.84 bits per heavy atom. The Morgan fingerprint density at radius 1 is 1.03 bits per heavy atom. The first-order chi connectivity index (χ1) is 15.2. The van der Waals surface area contributed by atoms with E-state index in [4.69, 9.17) is 0 Å². The summed E-state index contributed by atoms with van der Waals surface area (Å²) in [5.41, 5.74) is 2.89. The smallest absolute Gasteiger partial charge is 0.317 e. The van der Waals surface area contributed by atoms with Crippen LogP contribution in [-0.4, -0.2) is 61.9 Å². The maximum atomic E-state index is 13.0. The van der Waals surface area contributed by atoms with E-state index in [1.54, 1.807) is 10.9 Å². The van der Waals surface area contributed by atoms with Crippen LogP contribution in [0.5, 0.6) is 0 Å². The highest BCUT2D eigenvalue weighted by atomic mass is 16.2. The molecule has 0 unspecified atom stereocenters. The number of aromatic nitrogens is 3. The summed E-state index contributed by atoms with van der Waals surface area (Å²) in [5.74, 6) is -0.0805. The Hall–Kier alpha value is -2.90. The molecular formula is C23H30N6O2. The molecule has 1 atom stereocenters. The van der Waals surface area contributed by atoms with Gasteiger partial charge in [-0.1, -0.05) is 42.3 Å². The molecular weight excluding hydrogens is 392 g/mol. The number of carbonyl (C=O) groups excluding carboxylic acids is 2. The molecule has 0 spiro atoms. The van der Waals surface area contributed by atoms with Gasteiger partial charge in [-0.2, -0.15) is 0 Å². The lowest BCUT2D eigenvalue weighted by molar-refractivity contribution is 0.0728. The second-order valence-electron chi connectivity index (χ2n) is 8.99. The first-order valence-corrected chi connectivity index (χ1v) is 11.5. The molecule has 8 heteroatoms. The first kappa shape index (κ1) is 20.0. The summed E-state index contributed by atoms with van der Waals surface area (Å²) < 4.78 is 1.72. The van der Waals surface area contributed by atoms with Gasteiger partial charge < -0.3 is 15.1 Å². The number of nitrogens with zero attached hydrogens (tertiary/aromatic N) is 5. The largest absolute Gasteiger partial charge is 0.335 e. The zero-order valence-electron chi connectivity index (χ0n) is 17.9. The number of amides is 3. The van der Waals surface area contributed by atoms with Crippen molar-refractivity contribution in [3.8, 4) is 0 Å². The lowest BCUT2D eigenvalue weighted by atomic mass is 10.00. The normalized spacial score (nSPS) is 21.4.